The summed E-state index contributed by atoms with van der Waals surface area (Å²) in [5.74, 6) is -0.352. The first kappa shape index (κ1) is 16.8. The molecule has 8 nitrogen and oxygen atoms in total. The topological polar surface area (TPSA) is 114 Å². The molecule has 0 fully saturated rings. The van der Waals surface area contributed by atoms with E-state index in [0.29, 0.717) is 4.88 Å². The highest BCUT2D eigenvalue weighted by atomic mass is 32.2. The molecule has 0 bridgehead atoms. The average molecular weight is 361 g/mol. The molecule has 2 N–H and O–H groups in total. The fourth-order valence-corrected chi connectivity index (χ4v) is 3.70. The maximum Gasteiger partial charge on any atom is 0.269 e. The minimum atomic E-state index is -3.42. The quantitative estimate of drug-likeness (QED) is 0.860. The molecule has 2 aromatic heterocycles. The van der Waals surface area contributed by atoms with Crippen molar-refractivity contribution in [3.05, 3.63) is 16.1 Å². The number of thiazole rings is 1. The number of carbonyl (C=O) groups is 1. The molecule has 0 saturated heterocycles. The number of anilines is 2. The zero-order valence-electron chi connectivity index (χ0n) is 12.4. The Morgan fingerprint density at radius 2 is 1.82 bits per heavy atom. The van der Waals surface area contributed by atoms with Crippen molar-refractivity contribution in [2.45, 2.75) is 26.2 Å². The first-order valence-corrected chi connectivity index (χ1v) is 9.66. The van der Waals surface area contributed by atoms with E-state index >= 15 is 0 Å². The monoisotopic (exact) mass is 361 g/mol. The molecule has 0 unspecified atom stereocenters. The summed E-state index contributed by atoms with van der Waals surface area (Å²) < 4.78 is 24.4. The predicted octanol–water partition coefficient (Wildman–Crippen LogP) is 1.92. The van der Waals surface area contributed by atoms with Gasteiger partial charge in [0.15, 0.2) is 0 Å². The Morgan fingerprint density at radius 1 is 1.18 bits per heavy atom. The van der Waals surface area contributed by atoms with Crippen molar-refractivity contribution in [3.63, 3.8) is 0 Å². The predicted molar refractivity (Wildman–Crippen MR) is 87.1 cm³/mol. The van der Waals surface area contributed by atoms with Crippen LogP contribution in [0.3, 0.4) is 0 Å². The third kappa shape index (κ3) is 4.45. The summed E-state index contributed by atoms with van der Waals surface area (Å²) in [5.41, 5.74) is -0.126. The van der Waals surface area contributed by atoms with Crippen LogP contribution in [0, 0.1) is 0 Å². The Kier molecular flexibility index (Phi) is 4.49. The van der Waals surface area contributed by atoms with Gasteiger partial charge >= 0.3 is 0 Å². The van der Waals surface area contributed by atoms with Gasteiger partial charge in [0.1, 0.15) is 4.88 Å². The van der Waals surface area contributed by atoms with E-state index in [0.717, 1.165) is 22.6 Å². The van der Waals surface area contributed by atoms with Gasteiger partial charge in [0.2, 0.25) is 20.3 Å². The van der Waals surface area contributed by atoms with Crippen LogP contribution in [0.1, 0.15) is 35.5 Å². The zero-order chi connectivity index (χ0) is 16.5. The van der Waals surface area contributed by atoms with Gasteiger partial charge in [-0.1, -0.05) is 32.1 Å². The largest absolute Gasteiger partial charge is 0.296 e. The van der Waals surface area contributed by atoms with Crippen molar-refractivity contribution in [1.29, 1.82) is 0 Å². The van der Waals surface area contributed by atoms with Crippen molar-refractivity contribution in [2.24, 2.45) is 0 Å². The molecule has 0 saturated carbocycles. The molecule has 0 aliphatic carbocycles. The highest BCUT2D eigenvalue weighted by Crippen LogP contribution is 2.28. The summed E-state index contributed by atoms with van der Waals surface area (Å²) in [5, 5.41) is 11.1. The molecule has 0 radical (unpaired) electrons. The molecule has 2 aromatic rings. The summed E-state index contributed by atoms with van der Waals surface area (Å²) in [6, 6.07) is 0. The number of nitrogens with zero attached hydrogens (tertiary/aromatic N) is 3. The Labute approximate surface area is 136 Å². The Bertz CT molecular complexity index is 788. The number of aromatic nitrogens is 3. The van der Waals surface area contributed by atoms with Crippen LogP contribution in [-0.2, 0) is 15.4 Å². The lowest BCUT2D eigenvalue weighted by Gasteiger charge is -2.13. The number of nitrogens with one attached hydrogen (secondary N) is 2. The fraction of sp³-hybridized carbons (Fsp3) is 0.455. The Hall–Kier alpha value is -1.59. The number of rotatable bonds is 4. The van der Waals surface area contributed by atoms with Gasteiger partial charge in [-0.3, -0.25) is 14.8 Å². The maximum absolute atomic E-state index is 12.1. The van der Waals surface area contributed by atoms with Crippen LogP contribution in [0.25, 0.3) is 0 Å². The van der Waals surface area contributed by atoms with E-state index in [1.807, 2.05) is 20.8 Å². The number of sulfonamides is 1. The highest BCUT2D eigenvalue weighted by Gasteiger charge is 2.21. The van der Waals surface area contributed by atoms with E-state index in [1.54, 1.807) is 0 Å². The zero-order valence-corrected chi connectivity index (χ0v) is 14.8. The SMILES string of the molecule is CC(C)(C)c1ncc(C(=O)Nc2nnc(NS(C)(=O)=O)s2)s1. The van der Waals surface area contributed by atoms with Crippen molar-refractivity contribution >= 4 is 48.9 Å². The molecule has 0 aliphatic rings. The molecule has 0 aromatic carbocycles. The Balaban J connectivity index is 2.08. The van der Waals surface area contributed by atoms with Crippen molar-refractivity contribution < 1.29 is 13.2 Å². The number of hydrogen-bond acceptors (Lipinski definition) is 8. The number of hydrogen-bond donors (Lipinski definition) is 2. The second-order valence-corrected chi connectivity index (χ2v) is 9.28. The molecular formula is C11H15N5O3S3. The van der Waals surface area contributed by atoms with Gasteiger partial charge < -0.3 is 0 Å². The molecule has 2 rings (SSSR count). The highest BCUT2D eigenvalue weighted by molar-refractivity contribution is 7.92. The van der Waals surface area contributed by atoms with Crippen molar-refractivity contribution in [1.82, 2.24) is 15.2 Å². The lowest BCUT2D eigenvalue weighted by atomic mass is 9.98. The minimum Gasteiger partial charge on any atom is -0.296 e. The second-order valence-electron chi connectivity index (χ2n) is 5.52. The Morgan fingerprint density at radius 3 is 2.36 bits per heavy atom. The maximum atomic E-state index is 12.1. The van der Waals surface area contributed by atoms with Gasteiger partial charge in [0.05, 0.1) is 17.5 Å². The fourth-order valence-electron chi connectivity index (χ4n) is 1.36. The average Bonchev–Trinajstić information content (AvgIpc) is 2.95. The first-order chi connectivity index (χ1) is 10.0. The molecule has 22 heavy (non-hydrogen) atoms. The smallest absolute Gasteiger partial charge is 0.269 e. The van der Waals surface area contributed by atoms with Gasteiger partial charge in [0, 0.05) is 5.41 Å². The molecular weight excluding hydrogens is 346 g/mol. The van der Waals surface area contributed by atoms with Crippen LogP contribution >= 0.6 is 22.7 Å². The van der Waals surface area contributed by atoms with Crippen LogP contribution in [-0.4, -0.2) is 35.8 Å². The third-order valence-electron chi connectivity index (χ3n) is 2.29. The van der Waals surface area contributed by atoms with Crippen LogP contribution in [0.5, 0.6) is 0 Å². The van der Waals surface area contributed by atoms with E-state index in [1.165, 1.54) is 17.5 Å². The summed E-state index contributed by atoms with van der Waals surface area (Å²) >= 11 is 2.24. The molecule has 0 spiro atoms. The normalized spacial score (nSPS) is 12.2. The molecule has 120 valence electrons. The summed E-state index contributed by atoms with van der Waals surface area (Å²) in [7, 11) is -3.42. The third-order valence-corrected chi connectivity index (χ3v) is 5.16. The van der Waals surface area contributed by atoms with Gasteiger partial charge in [-0.2, -0.15) is 0 Å². The van der Waals surface area contributed by atoms with Crippen LogP contribution in [0.15, 0.2) is 6.20 Å². The summed E-state index contributed by atoms with van der Waals surface area (Å²) in [6.07, 6.45) is 2.52. The minimum absolute atomic E-state index is 0.0949. The van der Waals surface area contributed by atoms with E-state index in [9.17, 15) is 13.2 Å². The van der Waals surface area contributed by atoms with E-state index < -0.39 is 10.0 Å². The van der Waals surface area contributed by atoms with Crippen molar-refractivity contribution in [2.75, 3.05) is 16.3 Å². The van der Waals surface area contributed by atoms with E-state index in [4.69, 9.17) is 0 Å². The van der Waals surface area contributed by atoms with E-state index in [-0.39, 0.29) is 21.6 Å². The summed E-state index contributed by atoms with van der Waals surface area (Å²) in [6.45, 7) is 6.05. The molecule has 11 heteroatoms. The van der Waals surface area contributed by atoms with E-state index in [2.05, 4.69) is 25.2 Å². The lowest BCUT2D eigenvalue weighted by Crippen LogP contribution is -2.10. The number of amides is 1. The first-order valence-electron chi connectivity index (χ1n) is 6.13. The number of carbonyl (C=O) groups excluding carboxylic acids is 1. The second kappa shape index (κ2) is 5.89. The van der Waals surface area contributed by atoms with Gasteiger partial charge in [-0.05, 0) is 0 Å². The van der Waals surface area contributed by atoms with Crippen molar-refractivity contribution in [3.8, 4) is 0 Å². The molecule has 1 amide bonds. The van der Waals surface area contributed by atoms with Gasteiger partial charge in [-0.25, -0.2) is 13.4 Å². The van der Waals surface area contributed by atoms with Crippen LogP contribution in [0.4, 0.5) is 10.3 Å². The van der Waals surface area contributed by atoms with Gasteiger partial charge in [-0.15, -0.1) is 21.5 Å². The standard InChI is InChI=1S/C11H15N5O3S3/c1-11(2,3)8-12-5-6(20-8)7(17)13-9-14-15-10(21-9)16-22(4,18)19/h5H,1-4H3,(H,15,16)(H,13,14,17). The lowest BCUT2D eigenvalue weighted by molar-refractivity contribution is 0.103. The molecule has 2 heterocycles. The van der Waals surface area contributed by atoms with Crippen LogP contribution in [0.2, 0.25) is 0 Å². The van der Waals surface area contributed by atoms with Gasteiger partial charge in [0.25, 0.3) is 5.91 Å². The molecule has 0 aliphatic heterocycles. The summed E-state index contributed by atoms with van der Waals surface area (Å²) in [4.78, 5) is 16.8. The van der Waals surface area contributed by atoms with Crippen LogP contribution < -0.4 is 10.0 Å². The molecule has 0 atom stereocenters.